The third-order valence-corrected chi connectivity index (χ3v) is 5.21. The summed E-state index contributed by atoms with van der Waals surface area (Å²) < 4.78 is 37.9. The fraction of sp³-hybridized carbons (Fsp3) is 0.316. The predicted molar refractivity (Wildman–Crippen MR) is 104 cm³/mol. The number of ether oxygens (including phenoxy) is 2. The zero-order valence-corrected chi connectivity index (χ0v) is 16.4. The van der Waals surface area contributed by atoms with Crippen molar-refractivity contribution in [1.82, 2.24) is 5.32 Å². The van der Waals surface area contributed by atoms with Crippen LogP contribution in [0.3, 0.4) is 0 Å². The molecular formula is C19H24N2O5S. The molecule has 0 aliphatic heterocycles. The van der Waals surface area contributed by atoms with Gasteiger partial charge in [-0.25, -0.2) is 8.42 Å². The van der Waals surface area contributed by atoms with Gasteiger partial charge in [-0.2, -0.15) is 0 Å². The number of aryl methyl sites for hydroxylation is 1. The van der Waals surface area contributed by atoms with E-state index in [1.165, 1.54) is 7.11 Å². The maximum atomic E-state index is 12.7. The number of methoxy groups -OCH3 is 2. The number of nitrogens with one attached hydrogen (secondary N) is 2. The van der Waals surface area contributed by atoms with Crippen LogP contribution in [0.25, 0.3) is 0 Å². The number of anilines is 1. The second kappa shape index (κ2) is 9.38. The van der Waals surface area contributed by atoms with Crippen molar-refractivity contribution in [1.29, 1.82) is 0 Å². The smallest absolute Gasteiger partial charge is 0.265 e. The minimum absolute atomic E-state index is 0.0756. The van der Waals surface area contributed by atoms with Gasteiger partial charge in [-0.15, -0.1) is 0 Å². The highest BCUT2D eigenvalue weighted by atomic mass is 32.2. The highest BCUT2D eigenvalue weighted by molar-refractivity contribution is 7.92. The molecule has 0 spiro atoms. The van der Waals surface area contributed by atoms with Crippen molar-refractivity contribution < 1.29 is 22.7 Å². The van der Waals surface area contributed by atoms with E-state index in [1.54, 1.807) is 49.6 Å². The average Bonchev–Trinajstić information content (AvgIpc) is 2.63. The van der Waals surface area contributed by atoms with Gasteiger partial charge in [-0.05, 0) is 42.3 Å². The molecule has 0 fully saturated rings. The molecule has 2 aromatic carbocycles. The highest BCUT2D eigenvalue weighted by Crippen LogP contribution is 2.26. The Labute approximate surface area is 159 Å². The molecule has 2 aromatic rings. The lowest BCUT2D eigenvalue weighted by molar-refractivity contribution is -0.120. The molecule has 0 aliphatic carbocycles. The van der Waals surface area contributed by atoms with Crippen LogP contribution in [0.5, 0.6) is 5.75 Å². The fourth-order valence-corrected chi connectivity index (χ4v) is 3.75. The Morgan fingerprint density at radius 3 is 2.41 bits per heavy atom. The van der Waals surface area contributed by atoms with Crippen LogP contribution >= 0.6 is 0 Å². The first kappa shape index (κ1) is 20.7. The lowest BCUT2D eigenvalue weighted by Crippen LogP contribution is -2.28. The summed E-state index contributed by atoms with van der Waals surface area (Å²) in [6.07, 6.45) is 0.211. The van der Waals surface area contributed by atoms with Crippen molar-refractivity contribution in [2.45, 2.75) is 18.2 Å². The van der Waals surface area contributed by atoms with Crippen molar-refractivity contribution >= 4 is 21.6 Å². The number of hydrogen-bond donors (Lipinski definition) is 2. The van der Waals surface area contributed by atoms with Crippen LogP contribution in [0.4, 0.5) is 5.69 Å². The van der Waals surface area contributed by atoms with E-state index < -0.39 is 10.0 Å². The Balaban J connectivity index is 2.07. The van der Waals surface area contributed by atoms with Gasteiger partial charge in [0.05, 0.1) is 20.1 Å². The number of amides is 1. The molecule has 0 heterocycles. The number of carbonyl (C=O) groups excluding carboxylic acids is 1. The van der Waals surface area contributed by atoms with Gasteiger partial charge in [0.1, 0.15) is 10.6 Å². The largest absolute Gasteiger partial charge is 0.495 e. The summed E-state index contributed by atoms with van der Waals surface area (Å²) in [5, 5.41) is 2.74. The van der Waals surface area contributed by atoms with Crippen LogP contribution in [-0.2, 0) is 26.0 Å². The van der Waals surface area contributed by atoms with E-state index >= 15 is 0 Å². The molecule has 146 valence electrons. The summed E-state index contributed by atoms with van der Waals surface area (Å²) in [5.74, 6) is 0.155. The van der Waals surface area contributed by atoms with E-state index in [-0.39, 0.29) is 23.0 Å². The topological polar surface area (TPSA) is 93.7 Å². The number of benzene rings is 2. The SMILES string of the molecule is COCCNC(=O)Cc1ccc(NS(=O)(=O)c2cc(C)ccc2OC)cc1. The van der Waals surface area contributed by atoms with E-state index in [1.807, 2.05) is 6.92 Å². The Morgan fingerprint density at radius 1 is 1.07 bits per heavy atom. The molecule has 1 amide bonds. The predicted octanol–water partition coefficient (Wildman–Crippen LogP) is 2.11. The third kappa shape index (κ3) is 5.97. The number of hydrogen-bond acceptors (Lipinski definition) is 5. The molecule has 7 nitrogen and oxygen atoms in total. The number of sulfonamides is 1. The first-order valence-corrected chi connectivity index (χ1v) is 9.86. The Bertz CT molecular complexity index is 879. The van der Waals surface area contributed by atoms with Crippen molar-refractivity contribution in [3.05, 3.63) is 53.6 Å². The molecule has 2 N–H and O–H groups in total. The summed E-state index contributed by atoms with van der Waals surface area (Å²) in [5.41, 5.74) is 1.99. The van der Waals surface area contributed by atoms with Crippen molar-refractivity contribution in [2.24, 2.45) is 0 Å². The van der Waals surface area contributed by atoms with Crippen LogP contribution in [-0.4, -0.2) is 41.7 Å². The molecule has 0 saturated heterocycles. The van der Waals surface area contributed by atoms with Crippen molar-refractivity contribution in [3.8, 4) is 5.75 Å². The van der Waals surface area contributed by atoms with Crippen molar-refractivity contribution in [3.63, 3.8) is 0 Å². The maximum Gasteiger partial charge on any atom is 0.265 e. The average molecular weight is 392 g/mol. The molecule has 0 atom stereocenters. The minimum Gasteiger partial charge on any atom is -0.495 e. The summed E-state index contributed by atoms with van der Waals surface area (Å²) in [6, 6.07) is 11.6. The summed E-state index contributed by atoms with van der Waals surface area (Å²) in [7, 11) is -0.803. The molecule has 0 unspecified atom stereocenters. The van der Waals surface area contributed by atoms with Gasteiger partial charge in [0, 0.05) is 19.3 Å². The lowest BCUT2D eigenvalue weighted by Gasteiger charge is -2.12. The molecule has 8 heteroatoms. The van der Waals surface area contributed by atoms with Gasteiger partial charge in [0.25, 0.3) is 10.0 Å². The molecule has 0 aromatic heterocycles. The second-order valence-electron chi connectivity index (χ2n) is 5.98. The van der Waals surface area contributed by atoms with Crippen LogP contribution in [0.2, 0.25) is 0 Å². The first-order chi connectivity index (χ1) is 12.9. The van der Waals surface area contributed by atoms with E-state index in [4.69, 9.17) is 9.47 Å². The van der Waals surface area contributed by atoms with E-state index in [0.29, 0.717) is 18.8 Å². The Hall–Kier alpha value is -2.58. The third-order valence-electron chi connectivity index (χ3n) is 3.81. The maximum absolute atomic E-state index is 12.7. The molecular weight excluding hydrogens is 368 g/mol. The van der Waals surface area contributed by atoms with Gasteiger partial charge in [-0.1, -0.05) is 18.2 Å². The van der Waals surface area contributed by atoms with Gasteiger partial charge in [0.15, 0.2) is 0 Å². The van der Waals surface area contributed by atoms with Crippen LogP contribution < -0.4 is 14.8 Å². The summed E-state index contributed by atoms with van der Waals surface area (Å²) in [4.78, 5) is 11.9. The number of carbonyl (C=O) groups is 1. The molecule has 0 aliphatic rings. The lowest BCUT2D eigenvalue weighted by atomic mass is 10.1. The molecule has 0 radical (unpaired) electrons. The van der Waals surface area contributed by atoms with Crippen molar-refractivity contribution in [2.75, 3.05) is 32.1 Å². The van der Waals surface area contributed by atoms with Crippen LogP contribution in [0.1, 0.15) is 11.1 Å². The van der Waals surface area contributed by atoms with Gasteiger partial charge in [0.2, 0.25) is 5.91 Å². The van der Waals surface area contributed by atoms with Gasteiger partial charge in [-0.3, -0.25) is 9.52 Å². The zero-order chi connectivity index (χ0) is 19.9. The van der Waals surface area contributed by atoms with Gasteiger partial charge < -0.3 is 14.8 Å². The molecule has 0 saturated carbocycles. The summed E-state index contributed by atoms with van der Waals surface area (Å²) >= 11 is 0. The Kier molecular flexibility index (Phi) is 7.20. The first-order valence-electron chi connectivity index (χ1n) is 8.38. The summed E-state index contributed by atoms with van der Waals surface area (Å²) in [6.45, 7) is 2.71. The number of rotatable bonds is 9. The van der Waals surface area contributed by atoms with E-state index in [9.17, 15) is 13.2 Å². The standard InChI is InChI=1S/C19H24N2O5S/c1-14-4-9-17(26-3)18(12-14)27(23,24)21-16-7-5-15(6-8-16)13-19(22)20-10-11-25-2/h4-9,12,21H,10-11,13H2,1-3H3,(H,20,22). The van der Waals surface area contributed by atoms with E-state index in [0.717, 1.165) is 11.1 Å². The quantitative estimate of drug-likeness (QED) is 0.638. The molecule has 27 heavy (non-hydrogen) atoms. The zero-order valence-electron chi connectivity index (χ0n) is 15.6. The van der Waals surface area contributed by atoms with Crippen LogP contribution in [0.15, 0.2) is 47.4 Å². The Morgan fingerprint density at radius 2 is 1.78 bits per heavy atom. The van der Waals surface area contributed by atoms with Gasteiger partial charge >= 0.3 is 0 Å². The second-order valence-corrected chi connectivity index (χ2v) is 7.63. The molecule has 0 bridgehead atoms. The van der Waals surface area contributed by atoms with Crippen LogP contribution in [0, 0.1) is 6.92 Å². The van der Waals surface area contributed by atoms with E-state index in [2.05, 4.69) is 10.0 Å². The monoisotopic (exact) mass is 392 g/mol. The minimum atomic E-state index is -3.80. The fourth-order valence-electron chi connectivity index (χ4n) is 2.44. The highest BCUT2D eigenvalue weighted by Gasteiger charge is 2.20. The normalized spacial score (nSPS) is 11.1. The molecule has 2 rings (SSSR count).